The van der Waals surface area contributed by atoms with Crippen molar-refractivity contribution in [2.45, 2.75) is 6.18 Å². The lowest BCUT2D eigenvalue weighted by atomic mass is 10.3. The summed E-state index contributed by atoms with van der Waals surface area (Å²) in [5.41, 5.74) is 4.51. The monoisotopic (exact) mass is 307 g/mol. The maximum Gasteiger partial charge on any atom is 0.417 e. The number of alkyl halides is 3. The van der Waals surface area contributed by atoms with Crippen LogP contribution >= 0.6 is 15.9 Å². The van der Waals surface area contributed by atoms with E-state index in [9.17, 15) is 13.2 Å². The molecule has 0 spiro atoms. The van der Waals surface area contributed by atoms with Crippen molar-refractivity contribution in [1.82, 2.24) is 19.7 Å². The number of hydrogen-bond donors (Lipinski definition) is 1. The summed E-state index contributed by atoms with van der Waals surface area (Å²) in [4.78, 5) is 7.39. The van der Waals surface area contributed by atoms with Crippen molar-refractivity contribution < 1.29 is 13.2 Å². The Morgan fingerprint density at radius 2 is 2.00 bits per heavy atom. The number of nitrogens with two attached hydrogens (primary N) is 1. The normalized spacial score (nSPS) is 11.8. The van der Waals surface area contributed by atoms with Crippen LogP contribution in [-0.4, -0.2) is 19.7 Å². The van der Waals surface area contributed by atoms with Crippen molar-refractivity contribution in [1.29, 1.82) is 0 Å². The van der Waals surface area contributed by atoms with Gasteiger partial charge < -0.3 is 5.73 Å². The highest BCUT2D eigenvalue weighted by molar-refractivity contribution is 9.10. The molecular weight excluding hydrogens is 303 g/mol. The van der Waals surface area contributed by atoms with Gasteiger partial charge in [-0.05, 0) is 28.1 Å². The van der Waals surface area contributed by atoms with Gasteiger partial charge in [-0.25, -0.2) is 4.98 Å². The standard InChI is InChI=1S/C8H5BrF3N5/c9-6-15-7(13)16-17(6)5-2-1-4(3-14-5)8(10,11)12/h1-3H,(H2,13,16). The van der Waals surface area contributed by atoms with Crippen LogP contribution in [0.3, 0.4) is 0 Å². The van der Waals surface area contributed by atoms with Crippen molar-refractivity contribution in [3.05, 3.63) is 28.6 Å². The fourth-order valence-electron chi connectivity index (χ4n) is 1.13. The molecule has 0 saturated carbocycles. The van der Waals surface area contributed by atoms with E-state index >= 15 is 0 Å². The molecule has 0 unspecified atom stereocenters. The zero-order valence-corrected chi connectivity index (χ0v) is 9.70. The number of halogens is 4. The zero-order chi connectivity index (χ0) is 12.6. The fourth-order valence-corrected chi connectivity index (χ4v) is 1.58. The molecule has 0 aliphatic rings. The van der Waals surface area contributed by atoms with Crippen LogP contribution in [0.25, 0.3) is 5.82 Å². The highest BCUT2D eigenvalue weighted by atomic mass is 79.9. The van der Waals surface area contributed by atoms with Gasteiger partial charge in [-0.1, -0.05) is 0 Å². The third-order valence-corrected chi connectivity index (χ3v) is 2.39. The quantitative estimate of drug-likeness (QED) is 0.875. The van der Waals surface area contributed by atoms with Crippen molar-refractivity contribution >= 4 is 21.9 Å². The third-order valence-electron chi connectivity index (χ3n) is 1.88. The van der Waals surface area contributed by atoms with Crippen LogP contribution in [-0.2, 0) is 6.18 Å². The number of pyridine rings is 1. The minimum absolute atomic E-state index is 0.00132. The molecule has 90 valence electrons. The lowest BCUT2D eigenvalue weighted by Gasteiger charge is -2.06. The van der Waals surface area contributed by atoms with Gasteiger partial charge in [0.2, 0.25) is 10.7 Å². The Kier molecular flexibility index (Phi) is 2.77. The second kappa shape index (κ2) is 3.99. The first kappa shape index (κ1) is 11.8. The van der Waals surface area contributed by atoms with Crippen molar-refractivity contribution in [3.8, 4) is 5.82 Å². The Hall–Kier alpha value is -1.64. The van der Waals surface area contributed by atoms with Gasteiger partial charge in [0.15, 0.2) is 5.82 Å². The van der Waals surface area contributed by atoms with E-state index < -0.39 is 11.7 Å². The summed E-state index contributed by atoms with van der Waals surface area (Å²) in [7, 11) is 0. The summed E-state index contributed by atoms with van der Waals surface area (Å²) in [6, 6.07) is 2.09. The zero-order valence-electron chi connectivity index (χ0n) is 8.11. The Morgan fingerprint density at radius 3 is 2.41 bits per heavy atom. The van der Waals surface area contributed by atoms with Crippen LogP contribution in [0.15, 0.2) is 23.1 Å². The summed E-state index contributed by atoms with van der Waals surface area (Å²) in [6.07, 6.45) is -3.69. The minimum Gasteiger partial charge on any atom is -0.366 e. The van der Waals surface area contributed by atoms with E-state index in [1.807, 2.05) is 0 Å². The Morgan fingerprint density at radius 1 is 1.29 bits per heavy atom. The molecule has 0 radical (unpaired) electrons. The summed E-state index contributed by atoms with van der Waals surface area (Å²) in [6.45, 7) is 0. The molecule has 0 saturated heterocycles. The summed E-state index contributed by atoms with van der Waals surface area (Å²) in [5, 5.41) is 3.77. The van der Waals surface area contributed by atoms with E-state index in [-0.39, 0.29) is 16.5 Å². The van der Waals surface area contributed by atoms with E-state index in [4.69, 9.17) is 5.73 Å². The molecule has 2 heterocycles. The number of rotatable bonds is 1. The second-order valence-corrected chi connectivity index (χ2v) is 3.76. The van der Waals surface area contributed by atoms with Crippen LogP contribution in [0.1, 0.15) is 5.56 Å². The SMILES string of the molecule is Nc1nc(Br)n(-c2ccc(C(F)(F)F)cn2)n1. The predicted molar refractivity (Wildman–Crippen MR) is 56.3 cm³/mol. The lowest BCUT2D eigenvalue weighted by Crippen LogP contribution is -2.07. The number of aromatic nitrogens is 4. The van der Waals surface area contributed by atoms with Gasteiger partial charge in [0.25, 0.3) is 0 Å². The average molecular weight is 308 g/mol. The number of hydrogen-bond acceptors (Lipinski definition) is 4. The van der Waals surface area contributed by atoms with Crippen LogP contribution in [0.2, 0.25) is 0 Å². The molecule has 2 rings (SSSR count). The van der Waals surface area contributed by atoms with Crippen molar-refractivity contribution in [3.63, 3.8) is 0 Å². The van der Waals surface area contributed by atoms with Crippen LogP contribution in [0.4, 0.5) is 19.1 Å². The Balaban J connectivity index is 2.39. The molecule has 0 aromatic carbocycles. The second-order valence-electron chi connectivity index (χ2n) is 3.05. The topological polar surface area (TPSA) is 69.6 Å². The molecule has 0 atom stereocenters. The smallest absolute Gasteiger partial charge is 0.366 e. The molecule has 0 aliphatic heterocycles. The average Bonchev–Trinajstić information content (AvgIpc) is 2.57. The lowest BCUT2D eigenvalue weighted by molar-refractivity contribution is -0.137. The molecular formula is C8H5BrF3N5. The van der Waals surface area contributed by atoms with Gasteiger partial charge in [-0.3, -0.25) is 0 Å². The summed E-state index contributed by atoms with van der Waals surface area (Å²) < 4.78 is 38.4. The van der Waals surface area contributed by atoms with Crippen molar-refractivity contribution in [2.75, 3.05) is 5.73 Å². The highest BCUT2D eigenvalue weighted by Crippen LogP contribution is 2.28. The van der Waals surface area contributed by atoms with Crippen molar-refractivity contribution in [2.24, 2.45) is 0 Å². The molecule has 0 amide bonds. The molecule has 0 aliphatic carbocycles. The maximum absolute atomic E-state index is 12.3. The molecule has 2 N–H and O–H groups in total. The predicted octanol–water partition coefficient (Wildman–Crippen LogP) is 2.03. The molecule has 5 nitrogen and oxygen atoms in total. The van der Waals surface area contributed by atoms with E-state index in [2.05, 4.69) is 31.0 Å². The Labute approximate surface area is 102 Å². The van der Waals surface area contributed by atoms with Crippen LogP contribution in [0, 0.1) is 0 Å². The first-order valence-corrected chi connectivity index (χ1v) is 5.09. The van der Waals surface area contributed by atoms with Gasteiger partial charge in [0.1, 0.15) is 0 Å². The Bertz CT molecular complexity index is 533. The molecule has 2 aromatic heterocycles. The molecule has 9 heteroatoms. The maximum atomic E-state index is 12.3. The van der Waals surface area contributed by atoms with E-state index in [1.54, 1.807) is 0 Å². The van der Waals surface area contributed by atoms with E-state index in [1.165, 1.54) is 10.7 Å². The largest absolute Gasteiger partial charge is 0.417 e. The molecule has 0 bridgehead atoms. The first-order chi connectivity index (χ1) is 7.88. The van der Waals surface area contributed by atoms with Gasteiger partial charge in [0, 0.05) is 6.20 Å². The first-order valence-electron chi connectivity index (χ1n) is 4.29. The minimum atomic E-state index is -4.41. The highest BCUT2D eigenvalue weighted by Gasteiger charge is 2.30. The summed E-state index contributed by atoms with van der Waals surface area (Å²) in [5.74, 6) is 0.188. The number of nitrogen functional groups attached to an aromatic ring is 1. The number of anilines is 1. The van der Waals surface area contributed by atoms with Crippen LogP contribution in [0.5, 0.6) is 0 Å². The van der Waals surface area contributed by atoms with Gasteiger partial charge in [0.05, 0.1) is 5.56 Å². The molecule has 17 heavy (non-hydrogen) atoms. The molecule has 2 aromatic rings. The number of nitrogens with zero attached hydrogens (tertiary/aromatic N) is 4. The van der Waals surface area contributed by atoms with E-state index in [0.29, 0.717) is 0 Å². The third kappa shape index (κ3) is 2.38. The van der Waals surface area contributed by atoms with Gasteiger partial charge in [-0.15, -0.1) is 5.10 Å². The van der Waals surface area contributed by atoms with Crippen LogP contribution < -0.4 is 5.73 Å². The van der Waals surface area contributed by atoms with E-state index in [0.717, 1.165) is 12.3 Å². The fraction of sp³-hybridized carbons (Fsp3) is 0.125. The molecule has 0 fully saturated rings. The van der Waals surface area contributed by atoms with Gasteiger partial charge >= 0.3 is 6.18 Å². The summed E-state index contributed by atoms with van der Waals surface area (Å²) >= 11 is 3.06. The van der Waals surface area contributed by atoms with Gasteiger partial charge in [-0.2, -0.15) is 22.8 Å².